The Morgan fingerprint density at radius 2 is 1.32 bits per heavy atom. The van der Waals surface area contributed by atoms with Gasteiger partial charge in [-0.1, -0.05) is 71.9 Å². The molecule has 1 radical (unpaired) electrons. The van der Waals surface area contributed by atoms with Crippen LogP contribution in [0.3, 0.4) is 0 Å². The molecular formula is C22H25. The molecule has 113 valence electrons. The van der Waals surface area contributed by atoms with Gasteiger partial charge in [-0.05, 0) is 61.7 Å². The quantitative estimate of drug-likeness (QED) is 0.421. The SMILES string of the molecule is CC(C)(C)c1[c]c2cc3ccc(C(C)(C)C)cc3cc2cc1. The van der Waals surface area contributed by atoms with Crippen LogP contribution in [0.1, 0.15) is 52.7 Å². The predicted octanol–water partition coefficient (Wildman–Crippen LogP) is 6.39. The zero-order valence-electron chi connectivity index (χ0n) is 14.5. The van der Waals surface area contributed by atoms with Crippen LogP contribution in [-0.2, 0) is 10.8 Å². The zero-order chi connectivity index (χ0) is 16.1. The van der Waals surface area contributed by atoms with Gasteiger partial charge in [-0.15, -0.1) is 0 Å². The number of rotatable bonds is 0. The minimum Gasteiger partial charge on any atom is -0.0579 e. The number of hydrogen-bond donors (Lipinski definition) is 0. The van der Waals surface area contributed by atoms with Crippen LogP contribution >= 0.6 is 0 Å². The first kappa shape index (κ1) is 15.1. The summed E-state index contributed by atoms with van der Waals surface area (Å²) in [6.45, 7) is 13.5. The van der Waals surface area contributed by atoms with E-state index in [4.69, 9.17) is 0 Å². The summed E-state index contributed by atoms with van der Waals surface area (Å²) in [6.07, 6.45) is 0. The van der Waals surface area contributed by atoms with Crippen molar-refractivity contribution in [1.29, 1.82) is 0 Å². The molecule has 0 nitrogen and oxygen atoms in total. The summed E-state index contributed by atoms with van der Waals surface area (Å²) in [7, 11) is 0. The van der Waals surface area contributed by atoms with E-state index >= 15 is 0 Å². The van der Waals surface area contributed by atoms with Crippen LogP contribution in [0.5, 0.6) is 0 Å². The second-order valence-electron chi connectivity index (χ2n) is 8.37. The van der Waals surface area contributed by atoms with Crippen molar-refractivity contribution in [1.82, 2.24) is 0 Å². The van der Waals surface area contributed by atoms with E-state index < -0.39 is 0 Å². The molecule has 0 atom stereocenters. The fourth-order valence-electron chi connectivity index (χ4n) is 2.83. The molecule has 0 aliphatic rings. The lowest BCUT2D eigenvalue weighted by atomic mass is 9.84. The Labute approximate surface area is 134 Å². The van der Waals surface area contributed by atoms with Gasteiger partial charge in [-0.3, -0.25) is 0 Å². The molecule has 0 heteroatoms. The predicted molar refractivity (Wildman–Crippen MR) is 97.7 cm³/mol. The summed E-state index contributed by atoms with van der Waals surface area (Å²) in [6, 6.07) is 19.4. The van der Waals surface area contributed by atoms with Crippen molar-refractivity contribution in [3.05, 3.63) is 59.7 Å². The third-order valence-corrected chi connectivity index (χ3v) is 4.38. The Morgan fingerprint density at radius 3 is 1.95 bits per heavy atom. The first-order valence-electron chi connectivity index (χ1n) is 8.05. The molecule has 0 spiro atoms. The topological polar surface area (TPSA) is 0 Å². The van der Waals surface area contributed by atoms with E-state index in [1.165, 1.54) is 32.7 Å². The number of fused-ring (bicyclic) bond motifs is 2. The Kier molecular flexibility index (Phi) is 3.32. The zero-order valence-corrected chi connectivity index (χ0v) is 14.5. The van der Waals surface area contributed by atoms with Gasteiger partial charge >= 0.3 is 0 Å². The first-order chi connectivity index (χ1) is 10.1. The van der Waals surface area contributed by atoms with Gasteiger partial charge in [-0.25, -0.2) is 0 Å². The molecule has 0 heterocycles. The molecule has 3 aromatic rings. The smallest absolute Gasteiger partial charge is 0.00585 e. The fourth-order valence-corrected chi connectivity index (χ4v) is 2.83. The fraction of sp³-hybridized carbons (Fsp3) is 0.364. The molecule has 0 amide bonds. The summed E-state index contributed by atoms with van der Waals surface area (Å²) in [5, 5.41) is 5.09. The normalized spacial score (nSPS) is 13.0. The van der Waals surface area contributed by atoms with Crippen molar-refractivity contribution < 1.29 is 0 Å². The van der Waals surface area contributed by atoms with Gasteiger partial charge in [0.1, 0.15) is 0 Å². The number of benzene rings is 3. The van der Waals surface area contributed by atoms with Crippen LogP contribution in [0.4, 0.5) is 0 Å². The molecule has 0 saturated carbocycles. The van der Waals surface area contributed by atoms with Crippen LogP contribution in [-0.4, -0.2) is 0 Å². The standard InChI is InChI=1S/C22H25/c1-21(2,3)19-9-7-15-12-18-14-20(22(4,5)6)10-8-16(18)11-17(15)13-19/h7-13H,1-6H3. The second kappa shape index (κ2) is 4.84. The van der Waals surface area contributed by atoms with Crippen molar-refractivity contribution in [3.8, 4) is 0 Å². The third-order valence-electron chi connectivity index (χ3n) is 4.38. The molecule has 0 N–H and O–H groups in total. The lowest BCUT2D eigenvalue weighted by Gasteiger charge is -2.20. The van der Waals surface area contributed by atoms with Crippen LogP contribution in [0.15, 0.2) is 42.5 Å². The highest BCUT2D eigenvalue weighted by atomic mass is 14.2. The van der Waals surface area contributed by atoms with Crippen LogP contribution in [0.25, 0.3) is 21.5 Å². The van der Waals surface area contributed by atoms with E-state index in [-0.39, 0.29) is 10.8 Å². The average Bonchev–Trinajstić information content (AvgIpc) is 2.41. The molecule has 3 rings (SSSR count). The molecular weight excluding hydrogens is 264 g/mol. The van der Waals surface area contributed by atoms with E-state index in [0.29, 0.717) is 0 Å². The van der Waals surface area contributed by atoms with Crippen molar-refractivity contribution in [2.24, 2.45) is 0 Å². The summed E-state index contributed by atoms with van der Waals surface area (Å²) in [5.41, 5.74) is 2.98. The summed E-state index contributed by atoms with van der Waals surface area (Å²) in [5.74, 6) is 0. The highest BCUT2D eigenvalue weighted by Gasteiger charge is 2.16. The van der Waals surface area contributed by atoms with E-state index in [1.54, 1.807) is 0 Å². The number of hydrogen-bond acceptors (Lipinski definition) is 0. The largest absolute Gasteiger partial charge is 0.0579 e. The Hall–Kier alpha value is -1.82. The van der Waals surface area contributed by atoms with E-state index in [1.807, 2.05) is 0 Å². The molecule has 0 aliphatic heterocycles. The van der Waals surface area contributed by atoms with E-state index in [2.05, 4.69) is 90.1 Å². The maximum atomic E-state index is 3.60. The molecule has 0 bridgehead atoms. The Morgan fingerprint density at radius 1 is 0.636 bits per heavy atom. The van der Waals surface area contributed by atoms with E-state index in [9.17, 15) is 0 Å². The van der Waals surface area contributed by atoms with Gasteiger partial charge in [0.2, 0.25) is 0 Å². The Bertz CT molecular complexity index is 766. The lowest BCUT2D eigenvalue weighted by Crippen LogP contribution is -2.11. The van der Waals surface area contributed by atoms with Gasteiger partial charge in [-0.2, -0.15) is 0 Å². The lowest BCUT2D eigenvalue weighted by molar-refractivity contribution is 0.590. The van der Waals surface area contributed by atoms with Crippen molar-refractivity contribution in [2.45, 2.75) is 52.4 Å². The van der Waals surface area contributed by atoms with E-state index in [0.717, 1.165) is 0 Å². The van der Waals surface area contributed by atoms with Gasteiger partial charge in [0.25, 0.3) is 0 Å². The molecule has 0 unspecified atom stereocenters. The summed E-state index contributed by atoms with van der Waals surface area (Å²) < 4.78 is 0. The van der Waals surface area contributed by atoms with Gasteiger partial charge in [0, 0.05) is 0 Å². The maximum absolute atomic E-state index is 3.60. The Balaban J connectivity index is 2.22. The van der Waals surface area contributed by atoms with Crippen LogP contribution in [0, 0.1) is 6.07 Å². The van der Waals surface area contributed by atoms with Gasteiger partial charge < -0.3 is 0 Å². The average molecular weight is 289 g/mol. The minimum absolute atomic E-state index is 0.138. The molecule has 0 aromatic heterocycles. The van der Waals surface area contributed by atoms with Crippen LogP contribution in [0.2, 0.25) is 0 Å². The maximum Gasteiger partial charge on any atom is -0.00585 e. The minimum atomic E-state index is 0.138. The molecule has 0 aliphatic carbocycles. The monoisotopic (exact) mass is 289 g/mol. The molecule has 3 aromatic carbocycles. The highest BCUT2D eigenvalue weighted by Crippen LogP contribution is 2.31. The third kappa shape index (κ3) is 2.75. The van der Waals surface area contributed by atoms with Gasteiger partial charge in [0.05, 0.1) is 0 Å². The van der Waals surface area contributed by atoms with Crippen molar-refractivity contribution in [2.75, 3.05) is 0 Å². The van der Waals surface area contributed by atoms with Gasteiger partial charge in [0.15, 0.2) is 0 Å². The molecule has 22 heavy (non-hydrogen) atoms. The molecule has 0 fully saturated rings. The highest BCUT2D eigenvalue weighted by molar-refractivity contribution is 5.98. The summed E-state index contributed by atoms with van der Waals surface area (Å²) >= 11 is 0. The van der Waals surface area contributed by atoms with Crippen LogP contribution < -0.4 is 0 Å². The van der Waals surface area contributed by atoms with Crippen molar-refractivity contribution >= 4 is 21.5 Å². The summed E-state index contributed by atoms with van der Waals surface area (Å²) in [4.78, 5) is 0. The molecule has 0 saturated heterocycles. The second-order valence-corrected chi connectivity index (χ2v) is 8.37. The van der Waals surface area contributed by atoms with Crippen molar-refractivity contribution in [3.63, 3.8) is 0 Å². The first-order valence-corrected chi connectivity index (χ1v) is 8.05.